The predicted octanol–water partition coefficient (Wildman–Crippen LogP) is 7.77. The van der Waals surface area contributed by atoms with Gasteiger partial charge in [0.25, 0.3) is 0 Å². The Morgan fingerprint density at radius 3 is 2.69 bits per heavy atom. The summed E-state index contributed by atoms with van der Waals surface area (Å²) < 4.78 is 50.2. The van der Waals surface area contributed by atoms with E-state index in [0.29, 0.717) is 45.9 Å². The molecule has 0 radical (unpaired) electrons. The van der Waals surface area contributed by atoms with Gasteiger partial charge in [0.1, 0.15) is 41.8 Å². The molecule has 5 aromatic rings. The first-order chi connectivity index (χ1) is 21.8. The molecule has 0 atom stereocenters. The molecule has 3 aromatic carbocycles. The van der Waals surface area contributed by atoms with Gasteiger partial charge in [0.15, 0.2) is 9.84 Å². The highest BCUT2D eigenvalue weighted by atomic mass is 35.5. The third-order valence-electron chi connectivity index (χ3n) is 6.75. The zero-order chi connectivity index (χ0) is 31.8. The molecule has 2 aromatic heterocycles. The molecule has 45 heavy (non-hydrogen) atoms. The number of halogens is 2. The number of nitrogens with one attached hydrogen (secondary N) is 2. The zero-order valence-electron chi connectivity index (χ0n) is 24.2. The Hall–Kier alpha value is -4.77. The van der Waals surface area contributed by atoms with E-state index in [4.69, 9.17) is 20.8 Å². The predicted molar refractivity (Wildman–Crippen MR) is 177 cm³/mol. The lowest BCUT2D eigenvalue weighted by atomic mass is 10.1. The minimum absolute atomic E-state index is 0.0808. The van der Waals surface area contributed by atoms with Crippen LogP contribution in [-0.2, 0) is 23.0 Å². The van der Waals surface area contributed by atoms with Gasteiger partial charge < -0.3 is 19.8 Å². The van der Waals surface area contributed by atoms with E-state index < -0.39 is 9.84 Å². The third-order valence-corrected chi connectivity index (χ3v) is 8.81. The van der Waals surface area contributed by atoms with Gasteiger partial charge in [0, 0.05) is 23.2 Å². The standard InChI is InChI=1S/C34H30ClFN4O4S/c1-3-6-28(4-2)45(41,42)16-15-37-20-27-11-14-32(44-27)24-9-12-31-29(18-24)34(39-22-38-31)40-26-10-13-33(30(35)19-26)43-21-23-7-5-8-25(36)17-23/h3-14,17-19,22,37H,1-2,15-16,20-21H2,(H,38,39,40). The smallest absolute Gasteiger partial charge is 0.179 e. The second kappa shape index (κ2) is 14.3. The summed E-state index contributed by atoms with van der Waals surface area (Å²) in [6.45, 7) is 7.89. The molecule has 0 fully saturated rings. The molecular weight excluding hydrogens is 615 g/mol. The monoisotopic (exact) mass is 644 g/mol. The number of rotatable bonds is 14. The molecule has 11 heteroatoms. The molecule has 0 aliphatic heterocycles. The van der Waals surface area contributed by atoms with Crippen molar-refractivity contribution < 1.29 is 22.0 Å². The van der Waals surface area contributed by atoms with Gasteiger partial charge in [0.2, 0.25) is 0 Å². The van der Waals surface area contributed by atoms with Crippen LogP contribution < -0.4 is 15.4 Å². The number of aromatic nitrogens is 2. The molecule has 2 heterocycles. The van der Waals surface area contributed by atoms with E-state index in [1.54, 1.807) is 24.3 Å². The molecule has 2 N–H and O–H groups in total. The van der Waals surface area contributed by atoms with Crippen LogP contribution in [0.2, 0.25) is 5.02 Å². The van der Waals surface area contributed by atoms with Crippen LogP contribution in [0.3, 0.4) is 0 Å². The number of furan rings is 1. The lowest BCUT2D eigenvalue weighted by Crippen LogP contribution is -2.23. The van der Waals surface area contributed by atoms with Crippen molar-refractivity contribution in [3.8, 4) is 17.1 Å². The average Bonchev–Trinajstić information content (AvgIpc) is 3.50. The summed E-state index contributed by atoms with van der Waals surface area (Å²) in [6, 6.07) is 20.9. The lowest BCUT2D eigenvalue weighted by Gasteiger charge is -2.12. The van der Waals surface area contributed by atoms with Crippen LogP contribution in [0.1, 0.15) is 11.3 Å². The van der Waals surface area contributed by atoms with Crippen LogP contribution in [-0.4, -0.2) is 30.7 Å². The van der Waals surface area contributed by atoms with Crippen LogP contribution in [0.25, 0.3) is 22.2 Å². The van der Waals surface area contributed by atoms with Gasteiger partial charge in [-0.05, 0) is 72.3 Å². The van der Waals surface area contributed by atoms with E-state index in [0.717, 1.165) is 16.5 Å². The molecule has 0 saturated heterocycles. The van der Waals surface area contributed by atoms with Gasteiger partial charge in [0.05, 0.1) is 27.7 Å². The van der Waals surface area contributed by atoms with E-state index >= 15 is 0 Å². The molecule has 0 bridgehead atoms. The first-order valence-electron chi connectivity index (χ1n) is 13.9. The molecule has 8 nitrogen and oxygen atoms in total. The van der Waals surface area contributed by atoms with E-state index in [-0.39, 0.29) is 29.6 Å². The second-order valence-electron chi connectivity index (χ2n) is 9.91. The highest BCUT2D eigenvalue weighted by Gasteiger charge is 2.15. The van der Waals surface area contributed by atoms with Gasteiger partial charge in [-0.25, -0.2) is 22.8 Å². The van der Waals surface area contributed by atoms with Crippen molar-refractivity contribution in [3.63, 3.8) is 0 Å². The summed E-state index contributed by atoms with van der Waals surface area (Å²) in [5, 5.41) is 7.57. The van der Waals surface area contributed by atoms with Gasteiger partial charge in [-0.3, -0.25) is 0 Å². The van der Waals surface area contributed by atoms with Crippen molar-refractivity contribution in [2.45, 2.75) is 13.2 Å². The van der Waals surface area contributed by atoms with Gasteiger partial charge in [-0.1, -0.05) is 49.0 Å². The quantitative estimate of drug-likeness (QED) is 0.0933. The number of hydrogen-bond acceptors (Lipinski definition) is 8. The topological polar surface area (TPSA) is 106 Å². The number of benzene rings is 3. The number of allylic oxidation sites excluding steroid dienone is 3. The zero-order valence-corrected chi connectivity index (χ0v) is 25.7. The Morgan fingerprint density at radius 2 is 1.91 bits per heavy atom. The average molecular weight is 645 g/mol. The summed E-state index contributed by atoms with van der Waals surface area (Å²) in [5.41, 5.74) is 2.94. The van der Waals surface area contributed by atoms with Gasteiger partial charge in [-0.15, -0.1) is 0 Å². The number of anilines is 2. The second-order valence-corrected chi connectivity index (χ2v) is 12.4. The van der Waals surface area contributed by atoms with E-state index in [9.17, 15) is 12.8 Å². The Labute approximate surface area is 265 Å². The molecule has 0 saturated carbocycles. The third kappa shape index (κ3) is 8.04. The summed E-state index contributed by atoms with van der Waals surface area (Å²) >= 11 is 6.49. The fourth-order valence-corrected chi connectivity index (χ4v) is 5.95. The normalized spacial score (nSPS) is 11.8. The number of fused-ring (bicyclic) bond motifs is 1. The minimum atomic E-state index is -3.46. The maximum absolute atomic E-state index is 13.5. The Morgan fingerprint density at radius 1 is 1.04 bits per heavy atom. The van der Waals surface area contributed by atoms with Gasteiger partial charge >= 0.3 is 0 Å². The Kier molecular flexibility index (Phi) is 10.1. The Balaban J connectivity index is 1.25. The van der Waals surface area contributed by atoms with E-state index in [2.05, 4.69) is 33.8 Å². The summed E-state index contributed by atoms with van der Waals surface area (Å²) in [6.07, 6.45) is 5.64. The molecule has 5 rings (SSSR count). The van der Waals surface area contributed by atoms with Crippen LogP contribution in [0.15, 0.2) is 120 Å². The SMILES string of the molecule is C=CC=C(C=C)S(=O)(=O)CCNCc1ccc(-c2ccc3ncnc(Nc4ccc(OCc5cccc(F)c5)c(Cl)c4)c3c2)o1. The van der Waals surface area contributed by atoms with Crippen molar-refractivity contribution in [2.75, 3.05) is 17.6 Å². The molecule has 0 unspecified atom stereocenters. The van der Waals surface area contributed by atoms with E-state index in [1.165, 1.54) is 36.7 Å². The molecule has 0 spiro atoms. The number of sulfone groups is 1. The summed E-state index contributed by atoms with van der Waals surface area (Å²) in [7, 11) is -3.46. The molecule has 230 valence electrons. The van der Waals surface area contributed by atoms with Crippen LogP contribution >= 0.6 is 11.6 Å². The van der Waals surface area contributed by atoms with Crippen molar-refractivity contribution in [1.82, 2.24) is 15.3 Å². The Bertz CT molecular complexity index is 1990. The van der Waals surface area contributed by atoms with Crippen molar-refractivity contribution in [3.05, 3.63) is 138 Å². The summed E-state index contributed by atoms with van der Waals surface area (Å²) in [5.74, 6) is 1.94. The molecule has 0 aliphatic carbocycles. The largest absolute Gasteiger partial charge is 0.487 e. The highest BCUT2D eigenvalue weighted by Crippen LogP contribution is 2.33. The lowest BCUT2D eigenvalue weighted by molar-refractivity contribution is 0.306. The summed E-state index contributed by atoms with van der Waals surface area (Å²) in [4.78, 5) is 8.97. The number of ether oxygens (including phenoxy) is 1. The first-order valence-corrected chi connectivity index (χ1v) is 15.9. The maximum atomic E-state index is 13.5. The van der Waals surface area contributed by atoms with Crippen molar-refractivity contribution in [1.29, 1.82) is 0 Å². The van der Waals surface area contributed by atoms with E-state index in [1.807, 2.05) is 36.4 Å². The van der Waals surface area contributed by atoms with Crippen molar-refractivity contribution >= 4 is 43.8 Å². The van der Waals surface area contributed by atoms with Crippen LogP contribution in [0.5, 0.6) is 5.75 Å². The maximum Gasteiger partial charge on any atom is 0.179 e. The van der Waals surface area contributed by atoms with Gasteiger partial charge in [-0.2, -0.15) is 0 Å². The minimum Gasteiger partial charge on any atom is -0.487 e. The fourth-order valence-electron chi connectivity index (χ4n) is 4.51. The number of hydrogen-bond donors (Lipinski definition) is 2. The molecule has 0 amide bonds. The number of nitrogens with zero attached hydrogens (tertiary/aromatic N) is 2. The highest BCUT2D eigenvalue weighted by molar-refractivity contribution is 7.95. The fraction of sp³-hybridized carbons (Fsp3) is 0.118. The van der Waals surface area contributed by atoms with Crippen molar-refractivity contribution in [2.24, 2.45) is 0 Å². The van der Waals surface area contributed by atoms with Crippen LogP contribution in [0.4, 0.5) is 15.9 Å². The molecular formula is C34H30ClFN4O4S. The molecule has 0 aliphatic rings. The van der Waals surface area contributed by atoms with Crippen LogP contribution in [0, 0.1) is 5.82 Å². The first kappa shape index (κ1) is 31.6.